The van der Waals surface area contributed by atoms with Gasteiger partial charge in [-0.15, -0.1) is 0 Å². The third kappa shape index (κ3) is 3.71. The molecule has 144 valence electrons. The van der Waals surface area contributed by atoms with Crippen LogP contribution in [0.2, 0.25) is 0 Å². The SMILES string of the molecule is CCOc1cc([C@H]2C(C(=O)OC(C)(C)C)=C(C)Nc3nnnn32)ccc1O. The molecule has 3 rings (SSSR count). The minimum Gasteiger partial charge on any atom is -0.504 e. The molecule has 1 aromatic carbocycles. The van der Waals surface area contributed by atoms with Gasteiger partial charge in [0.1, 0.15) is 11.6 Å². The van der Waals surface area contributed by atoms with Crippen LogP contribution in [0.4, 0.5) is 5.95 Å². The van der Waals surface area contributed by atoms with E-state index in [9.17, 15) is 9.90 Å². The number of hydrogen-bond acceptors (Lipinski definition) is 8. The summed E-state index contributed by atoms with van der Waals surface area (Å²) in [5, 5.41) is 24.7. The molecule has 0 spiro atoms. The number of tetrazole rings is 1. The van der Waals surface area contributed by atoms with Crippen molar-refractivity contribution in [3.63, 3.8) is 0 Å². The number of aromatic hydroxyl groups is 1. The summed E-state index contributed by atoms with van der Waals surface area (Å²) in [6, 6.07) is 4.29. The van der Waals surface area contributed by atoms with Crippen molar-refractivity contribution in [1.29, 1.82) is 0 Å². The molecule has 0 saturated carbocycles. The maximum Gasteiger partial charge on any atom is 0.338 e. The summed E-state index contributed by atoms with van der Waals surface area (Å²) < 4.78 is 12.6. The van der Waals surface area contributed by atoms with Crippen molar-refractivity contribution in [1.82, 2.24) is 20.2 Å². The highest BCUT2D eigenvalue weighted by molar-refractivity contribution is 5.92. The monoisotopic (exact) mass is 373 g/mol. The fourth-order valence-electron chi connectivity index (χ4n) is 2.89. The number of allylic oxidation sites excluding steroid dienone is 1. The van der Waals surface area contributed by atoms with Crippen LogP contribution in [-0.2, 0) is 9.53 Å². The van der Waals surface area contributed by atoms with Crippen molar-refractivity contribution >= 4 is 11.9 Å². The zero-order valence-electron chi connectivity index (χ0n) is 16.0. The van der Waals surface area contributed by atoms with E-state index in [0.717, 1.165) is 0 Å². The second kappa shape index (κ2) is 6.90. The van der Waals surface area contributed by atoms with Crippen molar-refractivity contribution < 1.29 is 19.4 Å². The largest absolute Gasteiger partial charge is 0.504 e. The van der Waals surface area contributed by atoms with Gasteiger partial charge in [0.15, 0.2) is 11.5 Å². The normalized spacial score (nSPS) is 16.6. The van der Waals surface area contributed by atoms with E-state index in [2.05, 4.69) is 20.8 Å². The fraction of sp³-hybridized carbons (Fsp3) is 0.444. The van der Waals surface area contributed by atoms with Crippen LogP contribution in [0.15, 0.2) is 29.5 Å². The molecule has 1 aliphatic rings. The minimum absolute atomic E-state index is 0.0194. The molecule has 9 heteroatoms. The highest BCUT2D eigenvalue weighted by Crippen LogP contribution is 2.38. The molecule has 2 aromatic rings. The Hall–Kier alpha value is -3.10. The number of anilines is 1. The molecule has 27 heavy (non-hydrogen) atoms. The summed E-state index contributed by atoms with van der Waals surface area (Å²) in [5.41, 5.74) is 1.02. The van der Waals surface area contributed by atoms with Crippen molar-refractivity contribution in [2.24, 2.45) is 0 Å². The lowest BCUT2D eigenvalue weighted by molar-refractivity contribution is -0.150. The predicted molar refractivity (Wildman–Crippen MR) is 97.4 cm³/mol. The number of carbonyl (C=O) groups excluding carboxylic acids is 1. The first-order valence-corrected chi connectivity index (χ1v) is 8.66. The summed E-state index contributed by atoms with van der Waals surface area (Å²) >= 11 is 0. The molecule has 0 amide bonds. The standard InChI is InChI=1S/C18H23N5O4/c1-6-26-13-9-11(7-8-12(13)24)15-14(16(25)27-18(3,4)5)10(2)19-17-20-21-22-23(15)17/h7-9,15,24H,6H2,1-5H3,(H,19,20,22)/t15-/m0/s1. The van der Waals surface area contributed by atoms with E-state index in [0.29, 0.717) is 35.1 Å². The molecule has 9 nitrogen and oxygen atoms in total. The molecular formula is C18H23N5O4. The van der Waals surface area contributed by atoms with Crippen LogP contribution in [0.3, 0.4) is 0 Å². The first-order chi connectivity index (χ1) is 12.7. The zero-order chi connectivity index (χ0) is 19.8. The maximum atomic E-state index is 12.9. The molecule has 0 saturated heterocycles. The molecule has 0 bridgehead atoms. The lowest BCUT2D eigenvalue weighted by Crippen LogP contribution is -2.33. The van der Waals surface area contributed by atoms with E-state index in [1.807, 2.05) is 27.7 Å². The Bertz CT molecular complexity index is 897. The van der Waals surface area contributed by atoms with Crippen molar-refractivity contribution in [3.05, 3.63) is 35.0 Å². The Balaban J connectivity index is 2.12. The average Bonchev–Trinajstić information content (AvgIpc) is 3.02. The Kier molecular flexibility index (Phi) is 4.77. The summed E-state index contributed by atoms with van der Waals surface area (Å²) in [6.07, 6.45) is 0. The van der Waals surface area contributed by atoms with Crippen molar-refractivity contribution in [2.45, 2.75) is 46.3 Å². The number of phenolic OH excluding ortho intramolecular Hbond substituents is 1. The molecule has 0 aliphatic carbocycles. The molecule has 0 unspecified atom stereocenters. The lowest BCUT2D eigenvalue weighted by atomic mass is 9.95. The molecule has 2 N–H and O–H groups in total. The number of phenols is 1. The molecule has 1 atom stereocenters. The molecule has 1 aromatic heterocycles. The van der Waals surface area contributed by atoms with Gasteiger partial charge < -0.3 is 19.9 Å². The fourth-order valence-corrected chi connectivity index (χ4v) is 2.89. The number of benzene rings is 1. The number of hydrogen-bond donors (Lipinski definition) is 2. The summed E-state index contributed by atoms with van der Waals surface area (Å²) in [7, 11) is 0. The van der Waals surface area contributed by atoms with Gasteiger partial charge in [0.25, 0.3) is 0 Å². The van der Waals surface area contributed by atoms with Crippen LogP contribution in [0, 0.1) is 0 Å². The summed E-state index contributed by atoms with van der Waals surface area (Å²) in [5.74, 6) is 0.288. The number of rotatable bonds is 4. The van der Waals surface area contributed by atoms with Crippen LogP contribution >= 0.6 is 0 Å². The smallest absolute Gasteiger partial charge is 0.338 e. The first kappa shape index (κ1) is 18.7. The number of esters is 1. The van der Waals surface area contributed by atoms with Gasteiger partial charge in [-0.1, -0.05) is 11.2 Å². The van der Waals surface area contributed by atoms with Crippen LogP contribution in [0.1, 0.15) is 46.2 Å². The van der Waals surface area contributed by atoms with Crippen LogP contribution < -0.4 is 10.1 Å². The highest BCUT2D eigenvalue weighted by atomic mass is 16.6. The van der Waals surface area contributed by atoms with Gasteiger partial charge in [-0.25, -0.2) is 4.79 Å². The number of fused-ring (bicyclic) bond motifs is 1. The molecule has 0 radical (unpaired) electrons. The van der Waals surface area contributed by atoms with E-state index in [1.165, 1.54) is 10.7 Å². The van der Waals surface area contributed by atoms with Gasteiger partial charge in [-0.05, 0) is 62.7 Å². The van der Waals surface area contributed by atoms with E-state index in [-0.39, 0.29) is 5.75 Å². The third-order valence-corrected chi connectivity index (χ3v) is 3.93. The zero-order valence-corrected chi connectivity index (χ0v) is 16.0. The number of carbonyl (C=O) groups is 1. The van der Waals surface area contributed by atoms with Crippen LogP contribution in [0.5, 0.6) is 11.5 Å². The molecular weight excluding hydrogens is 350 g/mol. The van der Waals surface area contributed by atoms with Crippen molar-refractivity contribution in [2.75, 3.05) is 11.9 Å². The van der Waals surface area contributed by atoms with Gasteiger partial charge in [0.2, 0.25) is 5.95 Å². The summed E-state index contributed by atoms with van der Waals surface area (Å²) in [4.78, 5) is 12.9. The van der Waals surface area contributed by atoms with Crippen LogP contribution in [-0.4, -0.2) is 43.5 Å². The third-order valence-electron chi connectivity index (χ3n) is 3.93. The second-order valence-corrected chi connectivity index (χ2v) is 7.18. The number of nitrogens with zero attached hydrogens (tertiary/aromatic N) is 4. The molecule has 1 aliphatic heterocycles. The second-order valence-electron chi connectivity index (χ2n) is 7.18. The van der Waals surface area contributed by atoms with Gasteiger partial charge in [0.05, 0.1) is 12.2 Å². The van der Waals surface area contributed by atoms with E-state index >= 15 is 0 Å². The summed E-state index contributed by atoms with van der Waals surface area (Å²) in [6.45, 7) is 9.42. The quantitative estimate of drug-likeness (QED) is 0.786. The van der Waals surface area contributed by atoms with Crippen molar-refractivity contribution in [3.8, 4) is 11.5 Å². The Morgan fingerprint density at radius 2 is 2.11 bits per heavy atom. The Morgan fingerprint density at radius 1 is 1.37 bits per heavy atom. The number of aromatic nitrogens is 4. The topological polar surface area (TPSA) is 111 Å². The van der Waals surface area contributed by atoms with E-state index in [4.69, 9.17) is 9.47 Å². The molecule has 2 heterocycles. The van der Waals surface area contributed by atoms with Gasteiger partial charge in [-0.3, -0.25) is 0 Å². The van der Waals surface area contributed by atoms with E-state index < -0.39 is 17.6 Å². The maximum absolute atomic E-state index is 12.9. The average molecular weight is 373 g/mol. The van der Waals surface area contributed by atoms with Crippen LogP contribution in [0.25, 0.3) is 0 Å². The minimum atomic E-state index is -0.652. The Labute approximate surface area is 157 Å². The van der Waals surface area contributed by atoms with Gasteiger partial charge >= 0.3 is 5.97 Å². The number of ether oxygens (including phenoxy) is 2. The predicted octanol–water partition coefficient (Wildman–Crippen LogP) is 2.41. The Morgan fingerprint density at radius 3 is 2.78 bits per heavy atom. The molecule has 0 fully saturated rings. The highest BCUT2D eigenvalue weighted by Gasteiger charge is 2.36. The van der Waals surface area contributed by atoms with E-state index in [1.54, 1.807) is 19.1 Å². The number of nitrogens with one attached hydrogen (secondary N) is 1. The first-order valence-electron chi connectivity index (χ1n) is 8.66. The lowest BCUT2D eigenvalue weighted by Gasteiger charge is -2.29. The van der Waals surface area contributed by atoms with Gasteiger partial charge in [0, 0.05) is 5.70 Å². The van der Waals surface area contributed by atoms with Gasteiger partial charge in [-0.2, -0.15) is 4.68 Å².